The second kappa shape index (κ2) is 4.48. The van der Waals surface area contributed by atoms with Crippen molar-refractivity contribution < 1.29 is 19.1 Å². The first-order chi connectivity index (χ1) is 8.52. The van der Waals surface area contributed by atoms with Crippen molar-refractivity contribution >= 4 is 29.0 Å². The Morgan fingerprint density at radius 1 is 1.39 bits per heavy atom. The molecule has 18 heavy (non-hydrogen) atoms. The average molecular weight is 248 g/mol. The summed E-state index contributed by atoms with van der Waals surface area (Å²) in [5.74, 6) is -0.925. The third-order valence-electron chi connectivity index (χ3n) is 2.72. The average Bonchev–Trinajstić information content (AvgIpc) is 2.67. The second-order valence-corrected chi connectivity index (χ2v) is 3.96. The lowest BCUT2D eigenvalue weighted by molar-refractivity contribution is -0.121. The van der Waals surface area contributed by atoms with Crippen LogP contribution in [0.15, 0.2) is 18.2 Å². The third kappa shape index (κ3) is 2.04. The zero-order valence-corrected chi connectivity index (χ0v) is 9.80. The van der Waals surface area contributed by atoms with Crippen LogP contribution in [0.5, 0.6) is 0 Å². The Labute approximate surface area is 103 Å². The van der Waals surface area contributed by atoms with Gasteiger partial charge in [0.25, 0.3) is 0 Å². The number of anilines is 2. The van der Waals surface area contributed by atoms with Crippen molar-refractivity contribution in [3.63, 3.8) is 0 Å². The second-order valence-electron chi connectivity index (χ2n) is 3.96. The maximum absolute atomic E-state index is 11.6. The van der Waals surface area contributed by atoms with Crippen LogP contribution < -0.4 is 10.6 Å². The topological polar surface area (TPSA) is 89.7 Å². The van der Waals surface area contributed by atoms with Crippen molar-refractivity contribution in [2.24, 2.45) is 0 Å². The number of carbonyl (C=O) groups excluding carboxylic acids is 3. The lowest BCUT2D eigenvalue weighted by Crippen LogP contribution is -2.25. The predicted molar refractivity (Wildman–Crippen MR) is 64.2 cm³/mol. The molecule has 0 bridgehead atoms. The number of esters is 1. The Bertz CT molecular complexity index is 539. The van der Waals surface area contributed by atoms with Crippen molar-refractivity contribution in [3.05, 3.63) is 23.8 Å². The van der Waals surface area contributed by atoms with Crippen LogP contribution in [-0.4, -0.2) is 31.3 Å². The first kappa shape index (κ1) is 12.1. The van der Waals surface area contributed by atoms with Gasteiger partial charge in [0.05, 0.1) is 37.0 Å². The van der Waals surface area contributed by atoms with Crippen LogP contribution in [0.4, 0.5) is 11.4 Å². The fraction of sp³-hybridized carbons (Fsp3) is 0.250. The van der Waals surface area contributed by atoms with E-state index >= 15 is 0 Å². The summed E-state index contributed by atoms with van der Waals surface area (Å²) in [7, 11) is 1.27. The van der Waals surface area contributed by atoms with Crippen molar-refractivity contribution in [1.29, 1.82) is 0 Å². The van der Waals surface area contributed by atoms with Gasteiger partial charge in [0.2, 0.25) is 5.91 Å². The smallest absolute Gasteiger partial charge is 0.337 e. The van der Waals surface area contributed by atoms with Crippen molar-refractivity contribution in [2.75, 3.05) is 24.3 Å². The molecule has 6 heteroatoms. The first-order valence-electron chi connectivity index (χ1n) is 5.33. The summed E-state index contributed by atoms with van der Waals surface area (Å²) >= 11 is 0. The summed E-state index contributed by atoms with van der Waals surface area (Å²) in [6, 6.07) is 4.48. The first-order valence-corrected chi connectivity index (χ1v) is 5.33. The molecule has 0 aromatic heterocycles. The highest BCUT2D eigenvalue weighted by Crippen LogP contribution is 2.27. The number of nitrogens with two attached hydrogens (primary N) is 1. The molecule has 1 aromatic rings. The van der Waals surface area contributed by atoms with Gasteiger partial charge < -0.3 is 15.4 Å². The number of carbonyl (C=O) groups is 3. The quantitative estimate of drug-likeness (QED) is 0.463. The Kier molecular flexibility index (Phi) is 3.01. The highest BCUT2D eigenvalue weighted by atomic mass is 16.5. The van der Waals surface area contributed by atoms with Crippen LogP contribution in [0.25, 0.3) is 0 Å². The minimum Gasteiger partial charge on any atom is -0.465 e. The summed E-state index contributed by atoms with van der Waals surface area (Å²) in [6.45, 7) is 0.0284. The zero-order valence-electron chi connectivity index (χ0n) is 9.80. The number of hydrogen-bond acceptors (Lipinski definition) is 5. The molecule has 1 heterocycles. The molecule has 1 aromatic carbocycles. The van der Waals surface area contributed by atoms with E-state index in [-0.39, 0.29) is 30.3 Å². The van der Waals surface area contributed by atoms with Gasteiger partial charge >= 0.3 is 5.97 Å². The van der Waals surface area contributed by atoms with Crippen LogP contribution in [-0.2, 0) is 14.3 Å². The molecular weight excluding hydrogens is 236 g/mol. The number of methoxy groups -OCH3 is 1. The van der Waals surface area contributed by atoms with E-state index in [0.29, 0.717) is 11.3 Å². The number of amides is 1. The van der Waals surface area contributed by atoms with Gasteiger partial charge in [-0.2, -0.15) is 0 Å². The van der Waals surface area contributed by atoms with E-state index in [0.717, 1.165) is 0 Å². The molecular formula is C12H12N2O4. The van der Waals surface area contributed by atoms with Crippen LogP contribution in [0.1, 0.15) is 16.8 Å². The highest BCUT2D eigenvalue weighted by molar-refractivity contribution is 6.16. The fourth-order valence-corrected chi connectivity index (χ4v) is 1.85. The molecule has 0 atom stereocenters. The number of rotatable bonds is 2. The number of nitrogen functional groups attached to an aromatic ring is 1. The van der Waals surface area contributed by atoms with Gasteiger partial charge in [0, 0.05) is 0 Å². The minimum atomic E-state index is -0.503. The molecule has 1 aliphatic rings. The van der Waals surface area contributed by atoms with Crippen molar-refractivity contribution in [1.82, 2.24) is 0 Å². The van der Waals surface area contributed by atoms with E-state index in [1.807, 2.05) is 0 Å². The van der Waals surface area contributed by atoms with Crippen molar-refractivity contribution in [3.8, 4) is 0 Å². The highest BCUT2D eigenvalue weighted by Gasteiger charge is 2.29. The summed E-state index contributed by atoms with van der Waals surface area (Å²) in [5.41, 5.74) is 6.80. The molecule has 0 spiro atoms. The molecule has 0 radical (unpaired) electrons. The molecule has 1 fully saturated rings. The van der Waals surface area contributed by atoms with Gasteiger partial charge in [-0.1, -0.05) is 0 Å². The normalized spacial score (nSPS) is 15.1. The Balaban J connectivity index is 2.33. The molecule has 2 rings (SSSR count). The molecule has 1 aliphatic heterocycles. The SMILES string of the molecule is COC(=O)c1ccc(N2CC(=O)CC2=O)c(N)c1. The number of benzene rings is 1. The monoisotopic (exact) mass is 248 g/mol. The molecule has 0 unspecified atom stereocenters. The molecule has 1 saturated heterocycles. The summed E-state index contributed by atoms with van der Waals surface area (Å²) < 4.78 is 4.57. The number of ketones is 1. The predicted octanol–water partition coefficient (Wildman–Crippen LogP) is 0.361. The number of hydrogen-bond donors (Lipinski definition) is 1. The van der Waals surface area contributed by atoms with Gasteiger partial charge in [0.15, 0.2) is 5.78 Å². The van der Waals surface area contributed by atoms with Gasteiger partial charge in [-0.05, 0) is 18.2 Å². The van der Waals surface area contributed by atoms with Crippen LogP contribution in [0.3, 0.4) is 0 Å². The lowest BCUT2D eigenvalue weighted by atomic mass is 10.1. The number of Topliss-reactive ketones (excluding diaryl/α,β-unsaturated/α-hetero) is 1. The molecule has 0 saturated carbocycles. The van der Waals surface area contributed by atoms with E-state index in [1.54, 1.807) is 0 Å². The molecule has 6 nitrogen and oxygen atoms in total. The summed E-state index contributed by atoms with van der Waals surface area (Å²) in [5, 5.41) is 0. The van der Waals surface area contributed by atoms with E-state index < -0.39 is 5.97 Å². The van der Waals surface area contributed by atoms with E-state index in [2.05, 4.69) is 4.74 Å². The van der Waals surface area contributed by atoms with Crippen LogP contribution in [0.2, 0.25) is 0 Å². The summed E-state index contributed by atoms with van der Waals surface area (Å²) in [4.78, 5) is 35.4. The Hall–Kier alpha value is -2.37. The molecule has 2 N–H and O–H groups in total. The van der Waals surface area contributed by atoms with Gasteiger partial charge in [0.1, 0.15) is 0 Å². The molecule has 1 amide bonds. The van der Waals surface area contributed by atoms with Gasteiger partial charge in [-0.3, -0.25) is 9.59 Å². The third-order valence-corrected chi connectivity index (χ3v) is 2.72. The zero-order chi connectivity index (χ0) is 13.3. The maximum atomic E-state index is 11.6. The summed E-state index contributed by atoms with van der Waals surface area (Å²) in [6.07, 6.45) is -0.0990. The largest absolute Gasteiger partial charge is 0.465 e. The number of nitrogens with zero attached hydrogens (tertiary/aromatic N) is 1. The van der Waals surface area contributed by atoms with E-state index in [4.69, 9.17) is 5.73 Å². The Morgan fingerprint density at radius 3 is 2.61 bits per heavy atom. The van der Waals surface area contributed by atoms with Crippen LogP contribution in [0, 0.1) is 0 Å². The number of ether oxygens (including phenoxy) is 1. The van der Waals surface area contributed by atoms with Crippen LogP contribution >= 0.6 is 0 Å². The van der Waals surface area contributed by atoms with Gasteiger partial charge in [-0.25, -0.2) is 4.79 Å². The van der Waals surface area contributed by atoms with E-state index in [1.165, 1.54) is 30.2 Å². The fourth-order valence-electron chi connectivity index (χ4n) is 1.85. The lowest BCUT2D eigenvalue weighted by Gasteiger charge is -2.17. The molecule has 94 valence electrons. The standard InChI is InChI=1S/C12H12N2O4/c1-18-12(17)7-2-3-10(9(13)4-7)14-6-8(15)5-11(14)16/h2-4H,5-6,13H2,1H3. The minimum absolute atomic E-state index is 0.0284. The van der Waals surface area contributed by atoms with E-state index in [9.17, 15) is 14.4 Å². The maximum Gasteiger partial charge on any atom is 0.337 e. The van der Waals surface area contributed by atoms with Gasteiger partial charge in [-0.15, -0.1) is 0 Å². The molecule has 0 aliphatic carbocycles. The van der Waals surface area contributed by atoms with Crippen molar-refractivity contribution in [2.45, 2.75) is 6.42 Å². The Morgan fingerprint density at radius 2 is 2.11 bits per heavy atom.